The number of fused-ring (bicyclic) bond motifs is 1. The van der Waals surface area contributed by atoms with Gasteiger partial charge < -0.3 is 35.1 Å². The molecule has 34 heavy (non-hydrogen) atoms. The van der Waals surface area contributed by atoms with E-state index in [0.717, 1.165) is 5.56 Å². The summed E-state index contributed by atoms with van der Waals surface area (Å²) >= 11 is 0. The molecule has 0 bridgehead atoms. The van der Waals surface area contributed by atoms with Gasteiger partial charge in [-0.05, 0) is 59.5 Å². The molecule has 182 valence electrons. The van der Waals surface area contributed by atoms with Gasteiger partial charge in [-0.15, -0.1) is 0 Å². The molecule has 0 fully saturated rings. The number of ether oxygens (including phenoxy) is 3. The first-order valence-electron chi connectivity index (χ1n) is 10.8. The van der Waals surface area contributed by atoms with E-state index < -0.39 is 24.0 Å². The van der Waals surface area contributed by atoms with Crippen molar-refractivity contribution < 1.29 is 29.1 Å². The summed E-state index contributed by atoms with van der Waals surface area (Å²) in [5.74, 6) is 0.552. The summed E-state index contributed by atoms with van der Waals surface area (Å²) in [5, 5.41) is 35.2. The number of aromatic hydroxyl groups is 1. The van der Waals surface area contributed by atoms with E-state index in [2.05, 4.69) is 15.4 Å². The van der Waals surface area contributed by atoms with Gasteiger partial charge in [-0.25, -0.2) is 0 Å². The van der Waals surface area contributed by atoms with E-state index in [0.29, 0.717) is 22.7 Å². The van der Waals surface area contributed by atoms with Crippen molar-refractivity contribution in [1.82, 2.24) is 0 Å². The van der Waals surface area contributed by atoms with Crippen LogP contribution in [-0.2, 0) is 9.47 Å². The van der Waals surface area contributed by atoms with E-state index in [4.69, 9.17) is 19.9 Å². The number of hydrogen-bond acceptors (Lipinski definition) is 10. The second kappa shape index (κ2) is 8.84. The number of phenolic OH excluding ortho intramolecular Hbond substituents is 1. The van der Waals surface area contributed by atoms with Gasteiger partial charge >= 0.3 is 0 Å². The second-order valence-corrected chi connectivity index (χ2v) is 8.90. The average Bonchev–Trinajstić information content (AvgIpc) is 3.23. The van der Waals surface area contributed by atoms with Gasteiger partial charge in [0.1, 0.15) is 24.7 Å². The smallest absolute Gasteiger partial charge is 0.207 e. The molecule has 4 rings (SSSR count). The molecule has 4 atom stereocenters. The number of hydrogen-bond donors (Lipinski definition) is 3. The van der Waals surface area contributed by atoms with Crippen molar-refractivity contribution in [2.75, 3.05) is 38.6 Å². The monoisotopic (exact) mass is 471 g/mol. The lowest BCUT2D eigenvalue weighted by molar-refractivity contribution is -0.923. The Labute approximate surface area is 198 Å². The van der Waals surface area contributed by atoms with Gasteiger partial charge in [0.25, 0.3) is 0 Å². The third kappa shape index (κ3) is 4.07. The maximum Gasteiger partial charge on any atom is 0.207 e. The zero-order valence-corrected chi connectivity index (χ0v) is 19.9. The van der Waals surface area contributed by atoms with E-state index in [1.165, 1.54) is 20.6 Å². The summed E-state index contributed by atoms with van der Waals surface area (Å²) in [6.45, 7) is 3.79. The van der Waals surface area contributed by atoms with Gasteiger partial charge in [0.2, 0.25) is 13.0 Å². The topological polar surface area (TPSA) is 134 Å². The predicted molar refractivity (Wildman–Crippen MR) is 126 cm³/mol. The number of aryl methyl sites for hydroxylation is 1. The summed E-state index contributed by atoms with van der Waals surface area (Å²) in [5.41, 5.74) is 7.40. The molecule has 0 aromatic heterocycles. The van der Waals surface area contributed by atoms with E-state index in [1.807, 2.05) is 24.0 Å². The van der Waals surface area contributed by atoms with Gasteiger partial charge in [0, 0.05) is 25.5 Å². The van der Waals surface area contributed by atoms with Crippen LogP contribution in [0.25, 0.3) is 0 Å². The van der Waals surface area contributed by atoms with E-state index in [9.17, 15) is 10.2 Å². The van der Waals surface area contributed by atoms with Crippen LogP contribution in [0.1, 0.15) is 24.1 Å². The Balaban J connectivity index is 1.94. The lowest BCUT2D eigenvalue weighted by Crippen LogP contribution is -2.63. The van der Waals surface area contributed by atoms with E-state index in [-0.39, 0.29) is 17.1 Å². The highest BCUT2D eigenvalue weighted by molar-refractivity contribution is 5.63. The summed E-state index contributed by atoms with van der Waals surface area (Å²) in [6.07, 6.45) is -0.698. The quantitative estimate of drug-likeness (QED) is 0.321. The van der Waals surface area contributed by atoms with Crippen molar-refractivity contribution in [3.05, 3.63) is 47.5 Å². The summed E-state index contributed by atoms with van der Waals surface area (Å²) in [4.78, 5) is 1.84. The zero-order chi connectivity index (χ0) is 24.7. The molecule has 0 amide bonds. The molecule has 0 spiro atoms. The van der Waals surface area contributed by atoms with Crippen molar-refractivity contribution in [3.63, 3.8) is 0 Å². The van der Waals surface area contributed by atoms with Crippen molar-refractivity contribution in [3.8, 4) is 11.5 Å². The van der Waals surface area contributed by atoms with E-state index >= 15 is 0 Å². The van der Waals surface area contributed by atoms with Crippen molar-refractivity contribution in [2.24, 2.45) is 15.4 Å². The van der Waals surface area contributed by atoms with Crippen molar-refractivity contribution in [2.45, 2.75) is 37.9 Å². The third-order valence-corrected chi connectivity index (χ3v) is 6.26. The van der Waals surface area contributed by atoms with Gasteiger partial charge in [0.05, 0.1) is 17.0 Å². The van der Waals surface area contributed by atoms with Gasteiger partial charge in [-0.1, -0.05) is 11.2 Å². The zero-order valence-electron chi connectivity index (χ0n) is 19.9. The number of aliphatic hydroxyl groups excluding tert-OH is 1. The number of nitrogens with zero attached hydrogens (tertiary/aromatic N) is 5. The van der Waals surface area contributed by atoms with E-state index in [1.54, 1.807) is 38.2 Å². The minimum atomic E-state index is -1.30. The largest absolute Gasteiger partial charge is 0.506 e. The number of rotatable bonds is 7. The molecule has 0 aliphatic carbocycles. The maximum atomic E-state index is 11.9. The Morgan fingerprint density at radius 1 is 1.24 bits per heavy atom. The Hall–Kier alpha value is -3.25. The van der Waals surface area contributed by atoms with Crippen LogP contribution in [0, 0.1) is 6.92 Å². The van der Waals surface area contributed by atoms with Crippen LogP contribution < -0.4 is 15.4 Å². The minimum Gasteiger partial charge on any atom is -0.506 e. The van der Waals surface area contributed by atoms with Crippen LogP contribution in [0.5, 0.6) is 11.5 Å². The SMILES string of the molecule is COC(OC)[C@@]1(C)Oc2ccc(N)cc2[C@H](N(C[N+]2(C)N=CN=N2)c2cc(C)ccc2O)[C@H]1O. The number of methoxy groups -OCH3 is 2. The van der Waals surface area contributed by atoms with Gasteiger partial charge in [0.15, 0.2) is 11.9 Å². The number of quaternary nitrogens is 1. The molecule has 0 saturated heterocycles. The number of benzene rings is 2. The fourth-order valence-electron chi connectivity index (χ4n) is 4.58. The average molecular weight is 472 g/mol. The van der Waals surface area contributed by atoms with Crippen LogP contribution in [0.4, 0.5) is 11.4 Å². The number of aliphatic hydroxyl groups is 1. The molecule has 0 radical (unpaired) electrons. The highest BCUT2D eigenvalue weighted by Crippen LogP contribution is 2.48. The first-order chi connectivity index (χ1) is 16.1. The fraction of sp³-hybridized carbons (Fsp3) is 0.435. The molecule has 2 aliphatic rings. The van der Waals surface area contributed by atoms with Gasteiger partial charge in [-0.3, -0.25) is 0 Å². The highest BCUT2D eigenvalue weighted by atomic mass is 16.7. The third-order valence-electron chi connectivity index (χ3n) is 6.26. The first kappa shape index (κ1) is 23.9. The number of phenols is 1. The Morgan fingerprint density at radius 2 is 1.97 bits per heavy atom. The van der Waals surface area contributed by atoms with Crippen LogP contribution >= 0.6 is 0 Å². The lowest BCUT2D eigenvalue weighted by Gasteiger charge is -2.50. The molecule has 0 saturated carbocycles. The second-order valence-electron chi connectivity index (χ2n) is 8.90. The van der Waals surface area contributed by atoms with Crippen LogP contribution in [0.15, 0.2) is 51.8 Å². The molecule has 1 unspecified atom stereocenters. The molecule has 11 nitrogen and oxygen atoms in total. The number of anilines is 2. The summed E-state index contributed by atoms with van der Waals surface area (Å²) in [7, 11) is 4.74. The lowest BCUT2D eigenvalue weighted by atomic mass is 9.83. The number of nitrogen functional groups attached to an aromatic ring is 1. The highest BCUT2D eigenvalue weighted by Gasteiger charge is 2.55. The molecule has 2 aliphatic heterocycles. The standard InChI is InChI=1S/C23H30N6O5/c1-14-6-8-18(30)17(10-14)28(13-29(3)26-12-25-27-29)20-16-11-15(24)7-9-19(16)34-23(2,21(20)31)22(32-4)33-5/h6-12,20-22,31H,13,24H2,1-5H3/p+1/t20-,21+,23-,29?/m0/s1. The predicted octanol–water partition coefficient (Wildman–Crippen LogP) is 2.69. The molecular formula is C23H31N6O5+. The molecule has 2 aromatic carbocycles. The number of nitrogens with two attached hydrogens (primary N) is 1. The van der Waals surface area contributed by atoms with Gasteiger partial charge in [-0.2, -0.15) is 0 Å². The first-order valence-corrected chi connectivity index (χ1v) is 10.8. The van der Waals surface area contributed by atoms with Crippen LogP contribution in [0.2, 0.25) is 0 Å². The maximum absolute atomic E-state index is 11.9. The van der Waals surface area contributed by atoms with Crippen LogP contribution in [0.3, 0.4) is 0 Å². The van der Waals surface area contributed by atoms with Crippen molar-refractivity contribution >= 4 is 17.7 Å². The Bertz CT molecular complexity index is 1110. The normalized spacial score (nSPS) is 27.6. The molecule has 4 N–H and O–H groups in total. The van der Waals surface area contributed by atoms with Crippen LogP contribution in [-0.4, -0.2) is 67.2 Å². The molecular weight excluding hydrogens is 440 g/mol. The summed E-state index contributed by atoms with van der Waals surface area (Å²) < 4.78 is 17.2. The molecule has 2 heterocycles. The Kier molecular flexibility index (Phi) is 6.21. The summed E-state index contributed by atoms with van der Waals surface area (Å²) in [6, 6.07) is 9.76. The van der Waals surface area contributed by atoms with Crippen molar-refractivity contribution in [1.29, 1.82) is 0 Å². The molecule has 2 aromatic rings. The Morgan fingerprint density at radius 3 is 2.62 bits per heavy atom. The molecule has 11 heteroatoms. The fourth-order valence-corrected chi connectivity index (χ4v) is 4.58. The minimum absolute atomic E-state index is 0.0400.